The molecule has 2 atom stereocenters. The van der Waals surface area contributed by atoms with E-state index in [9.17, 15) is 0 Å². The van der Waals surface area contributed by atoms with Gasteiger partial charge in [-0.1, -0.05) is 5.21 Å². The van der Waals surface area contributed by atoms with Crippen LogP contribution >= 0.6 is 0 Å². The maximum absolute atomic E-state index is 9.03. The normalized spacial score (nSPS) is 24.5. The van der Waals surface area contributed by atoms with E-state index in [1.807, 2.05) is 0 Å². The molecule has 1 aliphatic heterocycles. The Morgan fingerprint density at radius 1 is 1.59 bits per heavy atom. The van der Waals surface area contributed by atoms with Crippen molar-refractivity contribution in [3.05, 3.63) is 12.3 Å². The number of fused-ring (bicyclic) bond motifs is 1. The van der Waals surface area contributed by atoms with E-state index < -0.39 is 0 Å². The molecule has 2 aromatic heterocycles. The Morgan fingerprint density at radius 2 is 2.47 bits per heavy atom. The zero-order valence-corrected chi connectivity index (χ0v) is 9.15. The number of hydrogen-bond donors (Lipinski definition) is 2. The molecule has 0 bridgehead atoms. The first kappa shape index (κ1) is 10.4. The van der Waals surface area contributed by atoms with Gasteiger partial charge in [0.25, 0.3) is 0 Å². The minimum atomic E-state index is -0.125. The summed E-state index contributed by atoms with van der Waals surface area (Å²) in [6.45, 7) is 0.541. The second-order valence-electron chi connectivity index (χ2n) is 4.13. The third kappa shape index (κ3) is 1.63. The summed E-state index contributed by atoms with van der Waals surface area (Å²) >= 11 is 0. The van der Waals surface area contributed by atoms with Crippen molar-refractivity contribution in [1.29, 1.82) is 0 Å². The summed E-state index contributed by atoms with van der Waals surface area (Å²) in [5.41, 5.74) is 7.64. The van der Waals surface area contributed by atoms with E-state index in [1.165, 1.54) is 0 Å². The molecule has 3 rings (SSSR count). The molecule has 0 spiro atoms. The summed E-state index contributed by atoms with van der Waals surface area (Å²) in [4.78, 5) is 4.24. The highest BCUT2D eigenvalue weighted by atomic mass is 16.5. The fraction of sp³-hybridized carbons (Fsp3) is 0.500. The minimum Gasteiger partial charge on any atom is -0.397 e. The Balaban J connectivity index is 1.99. The quantitative estimate of drug-likeness (QED) is 0.743. The lowest BCUT2D eigenvalue weighted by atomic mass is 10.2. The van der Waals surface area contributed by atoms with Crippen LogP contribution in [0.25, 0.3) is 11.2 Å². The van der Waals surface area contributed by atoms with Crippen LogP contribution in [0.15, 0.2) is 12.3 Å². The number of anilines is 1. The zero-order valence-electron chi connectivity index (χ0n) is 9.15. The summed E-state index contributed by atoms with van der Waals surface area (Å²) < 4.78 is 7.14. The number of hydrogen-bond acceptors (Lipinski definition) is 6. The number of rotatable bonds is 2. The van der Waals surface area contributed by atoms with E-state index >= 15 is 0 Å². The van der Waals surface area contributed by atoms with E-state index in [0.717, 1.165) is 0 Å². The van der Waals surface area contributed by atoms with Gasteiger partial charge in [-0.2, -0.15) is 0 Å². The molecule has 0 saturated carbocycles. The van der Waals surface area contributed by atoms with Crippen LogP contribution in [0.2, 0.25) is 0 Å². The van der Waals surface area contributed by atoms with Crippen LogP contribution in [0, 0.1) is 0 Å². The van der Waals surface area contributed by atoms with Crippen LogP contribution in [0.3, 0.4) is 0 Å². The van der Waals surface area contributed by atoms with Crippen LogP contribution in [-0.2, 0) is 4.74 Å². The Labute approximate surface area is 97.2 Å². The van der Waals surface area contributed by atoms with E-state index in [2.05, 4.69) is 15.3 Å². The topological polar surface area (TPSA) is 99.1 Å². The van der Waals surface area contributed by atoms with Gasteiger partial charge in [-0.25, -0.2) is 9.67 Å². The predicted molar refractivity (Wildman–Crippen MR) is 60.2 cm³/mol. The average molecular weight is 235 g/mol. The van der Waals surface area contributed by atoms with Crippen molar-refractivity contribution >= 4 is 16.9 Å². The van der Waals surface area contributed by atoms with Crippen LogP contribution in [0.1, 0.15) is 12.5 Å². The lowest BCUT2D eigenvalue weighted by Crippen LogP contribution is -2.13. The number of nitrogens with two attached hydrogens (primary N) is 1. The van der Waals surface area contributed by atoms with Gasteiger partial charge in [0.1, 0.15) is 0 Å². The number of pyridine rings is 1. The Morgan fingerprint density at radius 3 is 3.24 bits per heavy atom. The van der Waals surface area contributed by atoms with Crippen molar-refractivity contribution < 1.29 is 9.84 Å². The highest BCUT2D eigenvalue weighted by molar-refractivity contribution is 5.82. The summed E-state index contributed by atoms with van der Waals surface area (Å²) in [6.07, 6.45) is 2.22. The molecule has 3 heterocycles. The first-order chi connectivity index (χ1) is 8.29. The predicted octanol–water partition coefficient (Wildman–Crippen LogP) is -0.269. The molecule has 1 fully saturated rings. The monoisotopic (exact) mass is 235 g/mol. The fourth-order valence-corrected chi connectivity index (χ4v) is 2.09. The number of aliphatic hydroxyl groups excluding tert-OH is 1. The second-order valence-corrected chi connectivity index (χ2v) is 4.13. The molecule has 0 aliphatic carbocycles. The Kier molecular flexibility index (Phi) is 2.41. The molecule has 7 nitrogen and oxygen atoms in total. The van der Waals surface area contributed by atoms with E-state index in [4.69, 9.17) is 15.6 Å². The SMILES string of the molecule is Nc1ccnc2c1nnn2[C@H]1CO[C@@H](CO)C1. The molecule has 0 aromatic carbocycles. The van der Waals surface area contributed by atoms with Gasteiger partial charge in [-0.05, 0) is 6.07 Å². The molecule has 90 valence electrons. The summed E-state index contributed by atoms with van der Waals surface area (Å²) in [7, 11) is 0. The zero-order chi connectivity index (χ0) is 11.8. The maximum atomic E-state index is 9.03. The molecular weight excluding hydrogens is 222 g/mol. The van der Waals surface area contributed by atoms with Crippen molar-refractivity contribution in [1.82, 2.24) is 20.0 Å². The second kappa shape index (κ2) is 3.94. The lowest BCUT2D eigenvalue weighted by molar-refractivity contribution is 0.0573. The van der Waals surface area contributed by atoms with Crippen LogP contribution in [-0.4, -0.2) is 44.4 Å². The largest absolute Gasteiger partial charge is 0.397 e. The third-order valence-corrected chi connectivity index (χ3v) is 3.00. The molecule has 1 aliphatic rings. The molecular formula is C10H13N5O2. The van der Waals surface area contributed by atoms with E-state index in [1.54, 1.807) is 16.9 Å². The van der Waals surface area contributed by atoms with Gasteiger partial charge in [0, 0.05) is 12.6 Å². The van der Waals surface area contributed by atoms with Gasteiger partial charge in [0.2, 0.25) is 0 Å². The highest BCUT2D eigenvalue weighted by Gasteiger charge is 2.28. The summed E-state index contributed by atoms with van der Waals surface area (Å²) in [5, 5.41) is 17.1. The fourth-order valence-electron chi connectivity index (χ4n) is 2.09. The van der Waals surface area contributed by atoms with E-state index in [-0.39, 0.29) is 18.8 Å². The average Bonchev–Trinajstić information content (AvgIpc) is 2.94. The number of aromatic nitrogens is 4. The molecule has 0 unspecified atom stereocenters. The van der Waals surface area contributed by atoms with Crippen LogP contribution in [0.4, 0.5) is 5.69 Å². The van der Waals surface area contributed by atoms with Crippen molar-refractivity contribution in [3.8, 4) is 0 Å². The van der Waals surface area contributed by atoms with Crippen LogP contribution < -0.4 is 5.73 Å². The van der Waals surface area contributed by atoms with Gasteiger partial charge >= 0.3 is 0 Å². The minimum absolute atomic E-state index is 0.0265. The van der Waals surface area contributed by atoms with Gasteiger partial charge in [0.05, 0.1) is 31.0 Å². The molecule has 7 heteroatoms. The smallest absolute Gasteiger partial charge is 0.180 e. The van der Waals surface area contributed by atoms with E-state index in [0.29, 0.717) is 29.9 Å². The molecule has 0 amide bonds. The van der Waals surface area contributed by atoms with Crippen molar-refractivity contribution in [2.45, 2.75) is 18.6 Å². The molecule has 17 heavy (non-hydrogen) atoms. The molecule has 0 radical (unpaired) electrons. The molecule has 2 aromatic rings. The number of aliphatic hydroxyl groups is 1. The standard InChI is InChI=1S/C10H13N5O2/c11-8-1-2-12-10-9(8)13-14-15(10)6-3-7(4-16)17-5-6/h1-2,6-7,16H,3-5H2,(H2,11,12)/t6-,7-/m1/s1. The van der Waals surface area contributed by atoms with Crippen molar-refractivity contribution in [2.24, 2.45) is 0 Å². The van der Waals surface area contributed by atoms with Gasteiger partial charge in [-0.15, -0.1) is 5.10 Å². The number of ether oxygens (including phenoxy) is 1. The van der Waals surface area contributed by atoms with Crippen molar-refractivity contribution in [2.75, 3.05) is 18.9 Å². The Hall–Kier alpha value is -1.73. The third-order valence-electron chi connectivity index (χ3n) is 3.00. The summed E-state index contributed by atoms with van der Waals surface area (Å²) in [5.74, 6) is 0. The van der Waals surface area contributed by atoms with Gasteiger partial charge in [0.15, 0.2) is 11.2 Å². The number of nitrogens with zero attached hydrogens (tertiary/aromatic N) is 4. The molecule has 1 saturated heterocycles. The highest BCUT2D eigenvalue weighted by Crippen LogP contribution is 2.26. The van der Waals surface area contributed by atoms with Gasteiger partial charge < -0.3 is 15.6 Å². The number of nitrogen functional groups attached to an aromatic ring is 1. The van der Waals surface area contributed by atoms with Crippen molar-refractivity contribution in [3.63, 3.8) is 0 Å². The molecule has 3 N–H and O–H groups in total. The first-order valence-corrected chi connectivity index (χ1v) is 5.47. The lowest BCUT2D eigenvalue weighted by Gasteiger charge is -2.07. The van der Waals surface area contributed by atoms with Gasteiger partial charge in [-0.3, -0.25) is 0 Å². The van der Waals surface area contributed by atoms with Crippen LogP contribution in [0.5, 0.6) is 0 Å². The maximum Gasteiger partial charge on any atom is 0.180 e. The summed E-state index contributed by atoms with van der Waals surface area (Å²) in [6, 6.07) is 1.76. The first-order valence-electron chi connectivity index (χ1n) is 5.47. The Bertz CT molecular complexity index is 540.